The first-order chi connectivity index (χ1) is 13.2. The summed E-state index contributed by atoms with van der Waals surface area (Å²) in [4.78, 5) is 0. The minimum Gasteiger partial charge on any atom is -0.205 e. The molecule has 0 radical (unpaired) electrons. The molecule has 0 spiro atoms. The van der Waals surface area contributed by atoms with Gasteiger partial charge in [-0.15, -0.1) is 0 Å². The van der Waals surface area contributed by atoms with Crippen LogP contribution in [0.2, 0.25) is 5.02 Å². The van der Waals surface area contributed by atoms with E-state index in [4.69, 9.17) is 11.6 Å². The number of hydrogen-bond acceptors (Lipinski definition) is 0. The second kappa shape index (κ2) is 9.95. The van der Waals surface area contributed by atoms with E-state index in [1.54, 1.807) is 6.07 Å². The zero-order valence-corrected chi connectivity index (χ0v) is 16.9. The lowest BCUT2D eigenvalue weighted by molar-refractivity contribution is 0.294. The quantitative estimate of drug-likeness (QED) is 0.364. The Morgan fingerprint density at radius 3 is 2.33 bits per heavy atom. The average molecular weight is 383 g/mol. The van der Waals surface area contributed by atoms with E-state index >= 15 is 0 Å². The van der Waals surface area contributed by atoms with Crippen LogP contribution in [0.15, 0.2) is 42.5 Å². The van der Waals surface area contributed by atoms with Gasteiger partial charge in [0.15, 0.2) is 0 Å². The van der Waals surface area contributed by atoms with Crippen LogP contribution in [0.1, 0.15) is 63.9 Å². The molecule has 0 atom stereocenters. The molecule has 2 heteroatoms. The van der Waals surface area contributed by atoms with Gasteiger partial charge in [-0.25, -0.2) is 4.39 Å². The van der Waals surface area contributed by atoms with E-state index in [1.807, 2.05) is 30.3 Å². The summed E-state index contributed by atoms with van der Waals surface area (Å²) in [7, 11) is 0. The third-order valence-corrected chi connectivity index (χ3v) is 5.93. The van der Waals surface area contributed by atoms with Gasteiger partial charge >= 0.3 is 0 Å². The third-order valence-electron chi connectivity index (χ3n) is 5.62. The Labute approximate surface area is 168 Å². The molecular weight excluding hydrogens is 355 g/mol. The summed E-state index contributed by atoms with van der Waals surface area (Å²) in [5.74, 6) is 7.89. The minimum atomic E-state index is -0.386. The van der Waals surface area contributed by atoms with Crippen LogP contribution >= 0.6 is 11.6 Å². The van der Waals surface area contributed by atoms with Crippen molar-refractivity contribution in [3.63, 3.8) is 0 Å². The zero-order valence-electron chi connectivity index (χ0n) is 16.1. The van der Waals surface area contributed by atoms with Gasteiger partial charge in [0.2, 0.25) is 0 Å². The highest BCUT2D eigenvalue weighted by atomic mass is 35.5. The highest BCUT2D eigenvalue weighted by Gasteiger charge is 2.19. The minimum absolute atomic E-state index is 0.154. The molecule has 1 fully saturated rings. The maximum absolute atomic E-state index is 13.6. The molecule has 0 unspecified atom stereocenters. The molecule has 2 aromatic carbocycles. The fraction of sp³-hybridized carbons (Fsp3) is 0.440. The molecule has 0 saturated heterocycles. The van der Waals surface area contributed by atoms with Crippen molar-refractivity contribution in [1.82, 2.24) is 0 Å². The van der Waals surface area contributed by atoms with Crippen LogP contribution in [0.25, 0.3) is 11.1 Å². The third kappa shape index (κ3) is 5.85. The van der Waals surface area contributed by atoms with Crippen molar-refractivity contribution >= 4 is 11.6 Å². The molecule has 0 aromatic heterocycles. The van der Waals surface area contributed by atoms with Crippen molar-refractivity contribution in [3.05, 3.63) is 58.9 Å². The maximum Gasteiger partial charge on any atom is 0.142 e. The van der Waals surface area contributed by atoms with Crippen LogP contribution in [-0.4, -0.2) is 0 Å². The van der Waals surface area contributed by atoms with Gasteiger partial charge in [-0.3, -0.25) is 0 Å². The number of rotatable bonds is 5. The summed E-state index contributed by atoms with van der Waals surface area (Å²) in [5.41, 5.74) is 2.83. The van der Waals surface area contributed by atoms with Crippen molar-refractivity contribution in [3.8, 4) is 23.0 Å². The van der Waals surface area contributed by atoms with E-state index in [9.17, 15) is 4.39 Å². The highest BCUT2D eigenvalue weighted by molar-refractivity contribution is 6.30. The van der Waals surface area contributed by atoms with Gasteiger partial charge in [-0.1, -0.05) is 74.2 Å². The predicted octanol–water partition coefficient (Wildman–Crippen LogP) is 7.88. The van der Waals surface area contributed by atoms with Gasteiger partial charge < -0.3 is 0 Å². The van der Waals surface area contributed by atoms with Gasteiger partial charge in [0.25, 0.3) is 0 Å². The number of benzene rings is 2. The second-order valence-electron chi connectivity index (χ2n) is 7.69. The summed E-state index contributed by atoms with van der Waals surface area (Å²) >= 11 is 5.76. The molecule has 0 nitrogen and oxygen atoms in total. The van der Waals surface area contributed by atoms with E-state index in [1.165, 1.54) is 57.4 Å². The van der Waals surface area contributed by atoms with Crippen LogP contribution in [0.5, 0.6) is 0 Å². The van der Waals surface area contributed by atoms with Crippen molar-refractivity contribution in [2.75, 3.05) is 0 Å². The summed E-state index contributed by atoms with van der Waals surface area (Å²) in [6.45, 7) is 2.27. The van der Waals surface area contributed by atoms with Crippen molar-refractivity contribution < 1.29 is 4.39 Å². The normalized spacial score (nSPS) is 19.4. The average Bonchev–Trinajstić information content (AvgIpc) is 2.70. The fourth-order valence-corrected chi connectivity index (χ4v) is 4.00. The molecule has 0 aliphatic heterocycles. The molecule has 0 amide bonds. The molecule has 0 bridgehead atoms. The smallest absolute Gasteiger partial charge is 0.142 e. The molecule has 3 rings (SSSR count). The van der Waals surface area contributed by atoms with Crippen molar-refractivity contribution in [1.29, 1.82) is 0 Å². The predicted molar refractivity (Wildman–Crippen MR) is 113 cm³/mol. The SMILES string of the molecule is CCCCCC1CCC(C#Cc2ccc(-c3ccc(Cl)c(F)c3)cc2)CC1. The van der Waals surface area contributed by atoms with E-state index in [0.717, 1.165) is 22.6 Å². The number of unbranched alkanes of at least 4 members (excludes halogenated alkanes) is 2. The molecule has 0 N–H and O–H groups in total. The lowest BCUT2D eigenvalue weighted by Gasteiger charge is -2.25. The summed E-state index contributed by atoms with van der Waals surface area (Å²) < 4.78 is 13.6. The van der Waals surface area contributed by atoms with Crippen LogP contribution in [-0.2, 0) is 0 Å². The fourth-order valence-electron chi connectivity index (χ4n) is 3.89. The monoisotopic (exact) mass is 382 g/mol. The Hall–Kier alpha value is -1.78. The Morgan fingerprint density at radius 2 is 1.67 bits per heavy atom. The molecule has 142 valence electrons. The molecule has 1 aliphatic rings. The molecule has 27 heavy (non-hydrogen) atoms. The Bertz CT molecular complexity index is 789. The van der Waals surface area contributed by atoms with Gasteiger partial charge in [0, 0.05) is 11.5 Å². The Balaban J connectivity index is 1.54. The van der Waals surface area contributed by atoms with E-state index in [-0.39, 0.29) is 10.8 Å². The van der Waals surface area contributed by atoms with Crippen molar-refractivity contribution in [2.45, 2.75) is 58.3 Å². The van der Waals surface area contributed by atoms with Crippen LogP contribution in [0, 0.1) is 29.5 Å². The lowest BCUT2D eigenvalue weighted by atomic mass is 9.80. The Kier molecular flexibility index (Phi) is 7.36. The zero-order chi connectivity index (χ0) is 19.1. The summed E-state index contributed by atoms with van der Waals surface area (Å²) in [6.07, 6.45) is 10.6. The maximum atomic E-state index is 13.6. The largest absolute Gasteiger partial charge is 0.205 e. The molecule has 2 aromatic rings. The first kappa shape index (κ1) is 20.0. The summed E-state index contributed by atoms with van der Waals surface area (Å²) in [5, 5.41) is 0.154. The first-order valence-corrected chi connectivity index (χ1v) is 10.6. The topological polar surface area (TPSA) is 0 Å². The number of halogens is 2. The standard InChI is InChI=1S/C25H28ClF/c1-2-3-4-5-19-6-8-20(9-7-19)10-11-21-12-14-22(15-13-21)23-16-17-24(26)25(27)18-23/h12-20H,2-9H2,1H3. The highest BCUT2D eigenvalue weighted by Crippen LogP contribution is 2.31. The molecule has 1 saturated carbocycles. The van der Waals surface area contributed by atoms with Crippen LogP contribution in [0.4, 0.5) is 4.39 Å². The van der Waals surface area contributed by atoms with Gasteiger partial charge in [-0.2, -0.15) is 0 Å². The second-order valence-corrected chi connectivity index (χ2v) is 8.10. The lowest BCUT2D eigenvalue weighted by Crippen LogP contribution is -2.13. The van der Waals surface area contributed by atoms with Gasteiger partial charge in [0.1, 0.15) is 5.82 Å². The van der Waals surface area contributed by atoms with E-state index < -0.39 is 0 Å². The van der Waals surface area contributed by atoms with E-state index in [2.05, 4.69) is 18.8 Å². The molecule has 1 aliphatic carbocycles. The van der Waals surface area contributed by atoms with Gasteiger partial charge in [0.05, 0.1) is 5.02 Å². The molecular formula is C25H28ClF. The van der Waals surface area contributed by atoms with E-state index in [0.29, 0.717) is 5.92 Å². The van der Waals surface area contributed by atoms with Crippen LogP contribution in [0.3, 0.4) is 0 Å². The first-order valence-electron chi connectivity index (χ1n) is 10.2. The van der Waals surface area contributed by atoms with Crippen LogP contribution < -0.4 is 0 Å². The number of hydrogen-bond donors (Lipinski definition) is 0. The van der Waals surface area contributed by atoms with Crippen molar-refractivity contribution in [2.24, 2.45) is 11.8 Å². The Morgan fingerprint density at radius 1 is 0.963 bits per heavy atom. The molecule has 0 heterocycles. The van der Waals surface area contributed by atoms with Gasteiger partial charge in [-0.05, 0) is 67.0 Å². The summed E-state index contributed by atoms with van der Waals surface area (Å²) in [6, 6.07) is 12.9.